The van der Waals surface area contributed by atoms with E-state index in [-0.39, 0.29) is 31.6 Å². The standard InChI is InChI=1S/C40H68O5/c1-3-5-7-9-11-13-15-17-18-19-20-21-22-23-25-26-28-30-32-34-39(42)44-37-38(36-41)45-40(43)35-33-31-29-27-24-16-14-12-10-8-6-4-2/h11,13,17-18,20-21,23,25,28,30,38,41H,3-10,12,14-16,19,22,24,26-27,29,31-37H2,1-2H3/b13-11-,18-17-,21-20-,25-23-,30-28-/t38-/m0/s1. The fourth-order valence-corrected chi connectivity index (χ4v) is 4.77. The second kappa shape index (κ2) is 36.1. The predicted molar refractivity (Wildman–Crippen MR) is 191 cm³/mol. The van der Waals surface area contributed by atoms with Gasteiger partial charge in [-0.3, -0.25) is 9.59 Å². The van der Waals surface area contributed by atoms with Crippen molar-refractivity contribution in [1.29, 1.82) is 0 Å². The molecule has 0 saturated heterocycles. The summed E-state index contributed by atoms with van der Waals surface area (Å²) in [4.78, 5) is 24.1. The molecule has 0 fully saturated rings. The molecule has 0 aliphatic carbocycles. The zero-order chi connectivity index (χ0) is 32.9. The van der Waals surface area contributed by atoms with Crippen molar-refractivity contribution in [3.8, 4) is 0 Å². The molecule has 1 atom stereocenters. The number of hydrogen-bond donors (Lipinski definition) is 1. The van der Waals surface area contributed by atoms with Gasteiger partial charge in [0.1, 0.15) is 6.61 Å². The normalized spacial score (nSPS) is 12.9. The molecule has 0 heterocycles. The van der Waals surface area contributed by atoms with Crippen molar-refractivity contribution >= 4 is 11.9 Å². The molecule has 0 rings (SSSR count). The fraction of sp³-hybridized carbons (Fsp3) is 0.700. The van der Waals surface area contributed by atoms with Crippen molar-refractivity contribution in [2.24, 2.45) is 0 Å². The molecular weight excluding hydrogens is 560 g/mol. The lowest BCUT2D eigenvalue weighted by atomic mass is 10.0. The van der Waals surface area contributed by atoms with E-state index in [4.69, 9.17) is 9.47 Å². The van der Waals surface area contributed by atoms with E-state index in [0.29, 0.717) is 12.8 Å². The monoisotopic (exact) mass is 629 g/mol. The molecule has 5 heteroatoms. The van der Waals surface area contributed by atoms with Gasteiger partial charge in [-0.25, -0.2) is 0 Å². The Hall–Kier alpha value is -2.40. The van der Waals surface area contributed by atoms with Crippen molar-refractivity contribution < 1.29 is 24.2 Å². The molecule has 1 N–H and O–H groups in total. The molecule has 0 amide bonds. The van der Waals surface area contributed by atoms with Crippen LogP contribution in [0.3, 0.4) is 0 Å². The largest absolute Gasteiger partial charge is 0.462 e. The predicted octanol–water partition coefficient (Wildman–Crippen LogP) is 11.2. The third-order valence-corrected chi connectivity index (χ3v) is 7.58. The van der Waals surface area contributed by atoms with Crippen molar-refractivity contribution in [3.63, 3.8) is 0 Å². The first-order valence-electron chi connectivity index (χ1n) is 18.3. The minimum absolute atomic E-state index is 0.106. The van der Waals surface area contributed by atoms with E-state index in [2.05, 4.69) is 62.5 Å². The Morgan fingerprint density at radius 3 is 1.42 bits per heavy atom. The highest BCUT2D eigenvalue weighted by Gasteiger charge is 2.15. The van der Waals surface area contributed by atoms with Crippen LogP contribution in [0.15, 0.2) is 60.8 Å². The van der Waals surface area contributed by atoms with Gasteiger partial charge in [-0.15, -0.1) is 0 Å². The summed E-state index contributed by atoms with van der Waals surface area (Å²) >= 11 is 0. The molecular formula is C40H68O5. The van der Waals surface area contributed by atoms with Crippen LogP contribution in [0.5, 0.6) is 0 Å². The number of hydrogen-bond acceptors (Lipinski definition) is 5. The third-order valence-electron chi connectivity index (χ3n) is 7.58. The molecule has 0 saturated carbocycles. The molecule has 0 aliphatic heterocycles. The van der Waals surface area contributed by atoms with Gasteiger partial charge in [0.05, 0.1) is 6.61 Å². The number of aliphatic hydroxyl groups excluding tert-OH is 1. The van der Waals surface area contributed by atoms with Gasteiger partial charge in [-0.1, -0.05) is 158 Å². The van der Waals surface area contributed by atoms with Crippen LogP contribution < -0.4 is 0 Å². The molecule has 258 valence electrons. The lowest BCUT2D eigenvalue weighted by Crippen LogP contribution is -2.28. The second-order valence-corrected chi connectivity index (χ2v) is 12.0. The molecule has 0 aromatic carbocycles. The highest BCUT2D eigenvalue weighted by Crippen LogP contribution is 2.13. The number of aliphatic hydroxyl groups is 1. The average Bonchev–Trinajstić information content (AvgIpc) is 3.04. The maximum absolute atomic E-state index is 12.1. The van der Waals surface area contributed by atoms with E-state index in [1.54, 1.807) is 0 Å². The molecule has 0 bridgehead atoms. The number of carbonyl (C=O) groups is 2. The van der Waals surface area contributed by atoms with Crippen LogP contribution in [-0.4, -0.2) is 36.4 Å². The number of unbranched alkanes of at least 4 members (excludes halogenated alkanes) is 14. The molecule has 5 nitrogen and oxygen atoms in total. The number of allylic oxidation sites excluding steroid dienone is 10. The van der Waals surface area contributed by atoms with Crippen LogP contribution in [0.1, 0.15) is 162 Å². The van der Waals surface area contributed by atoms with E-state index in [9.17, 15) is 14.7 Å². The zero-order valence-electron chi connectivity index (χ0n) is 29.1. The van der Waals surface area contributed by atoms with Crippen LogP contribution in [0, 0.1) is 0 Å². The Labute approximate surface area is 277 Å². The summed E-state index contributed by atoms with van der Waals surface area (Å²) in [6, 6.07) is 0. The van der Waals surface area contributed by atoms with E-state index >= 15 is 0 Å². The molecule has 0 spiro atoms. The Bertz CT molecular complexity index is 808. The lowest BCUT2D eigenvalue weighted by molar-refractivity contribution is -0.161. The Morgan fingerprint density at radius 1 is 0.511 bits per heavy atom. The SMILES string of the molecule is CCCCC/C=C\C/C=C\C/C=C\C/C=C\C/C=C\CCC(=O)OC[C@H](CO)OC(=O)CCCCCCCCCCCCCC. The van der Waals surface area contributed by atoms with Crippen molar-refractivity contribution in [2.75, 3.05) is 13.2 Å². The van der Waals surface area contributed by atoms with Gasteiger partial charge in [0.2, 0.25) is 0 Å². The Balaban J connectivity index is 3.73. The first-order chi connectivity index (χ1) is 22.1. The summed E-state index contributed by atoms with van der Waals surface area (Å²) in [7, 11) is 0. The summed E-state index contributed by atoms with van der Waals surface area (Å²) in [5.41, 5.74) is 0. The summed E-state index contributed by atoms with van der Waals surface area (Å²) in [5.74, 6) is -0.690. The number of ether oxygens (including phenoxy) is 2. The molecule has 0 aromatic rings. The number of rotatable bonds is 32. The molecule has 45 heavy (non-hydrogen) atoms. The minimum Gasteiger partial charge on any atom is -0.462 e. The molecule has 0 aromatic heterocycles. The van der Waals surface area contributed by atoms with Gasteiger partial charge in [-0.05, 0) is 51.4 Å². The topological polar surface area (TPSA) is 72.8 Å². The van der Waals surface area contributed by atoms with E-state index in [1.807, 2.05) is 12.2 Å². The quantitative estimate of drug-likeness (QED) is 0.0456. The van der Waals surface area contributed by atoms with Crippen LogP contribution in [-0.2, 0) is 19.1 Å². The van der Waals surface area contributed by atoms with Crippen molar-refractivity contribution in [3.05, 3.63) is 60.8 Å². The fourth-order valence-electron chi connectivity index (χ4n) is 4.77. The molecule has 0 unspecified atom stereocenters. The molecule has 0 aliphatic rings. The van der Waals surface area contributed by atoms with E-state index < -0.39 is 6.10 Å². The Kier molecular flexibility index (Phi) is 34.1. The van der Waals surface area contributed by atoms with E-state index in [0.717, 1.165) is 44.9 Å². The van der Waals surface area contributed by atoms with E-state index in [1.165, 1.54) is 83.5 Å². The number of esters is 2. The maximum atomic E-state index is 12.1. The smallest absolute Gasteiger partial charge is 0.306 e. The first-order valence-corrected chi connectivity index (χ1v) is 18.3. The third kappa shape index (κ3) is 34.3. The summed E-state index contributed by atoms with van der Waals surface area (Å²) in [6.07, 6.45) is 45.7. The van der Waals surface area contributed by atoms with Gasteiger partial charge in [0, 0.05) is 12.8 Å². The van der Waals surface area contributed by atoms with Gasteiger partial charge in [0.25, 0.3) is 0 Å². The maximum Gasteiger partial charge on any atom is 0.306 e. The summed E-state index contributed by atoms with van der Waals surface area (Å²) < 4.78 is 10.5. The highest BCUT2D eigenvalue weighted by molar-refractivity contribution is 5.70. The Morgan fingerprint density at radius 2 is 0.933 bits per heavy atom. The van der Waals surface area contributed by atoms with Crippen LogP contribution in [0.25, 0.3) is 0 Å². The minimum atomic E-state index is -0.799. The zero-order valence-corrected chi connectivity index (χ0v) is 29.1. The van der Waals surface area contributed by atoms with Gasteiger partial charge < -0.3 is 14.6 Å². The summed E-state index contributed by atoms with van der Waals surface area (Å²) in [6.45, 7) is 4.02. The molecule has 0 radical (unpaired) electrons. The highest BCUT2D eigenvalue weighted by atomic mass is 16.6. The van der Waals surface area contributed by atoms with Gasteiger partial charge in [-0.2, -0.15) is 0 Å². The summed E-state index contributed by atoms with van der Waals surface area (Å²) in [5, 5.41) is 9.51. The van der Waals surface area contributed by atoms with Gasteiger partial charge in [0.15, 0.2) is 6.10 Å². The lowest BCUT2D eigenvalue weighted by Gasteiger charge is -2.15. The van der Waals surface area contributed by atoms with Crippen LogP contribution in [0.2, 0.25) is 0 Å². The van der Waals surface area contributed by atoms with Crippen LogP contribution >= 0.6 is 0 Å². The average molecular weight is 629 g/mol. The van der Waals surface area contributed by atoms with Crippen LogP contribution in [0.4, 0.5) is 0 Å². The van der Waals surface area contributed by atoms with Crippen molar-refractivity contribution in [1.82, 2.24) is 0 Å². The second-order valence-electron chi connectivity index (χ2n) is 12.0. The van der Waals surface area contributed by atoms with Gasteiger partial charge >= 0.3 is 11.9 Å². The first kappa shape index (κ1) is 42.6. The number of carbonyl (C=O) groups excluding carboxylic acids is 2. The van der Waals surface area contributed by atoms with Crippen molar-refractivity contribution in [2.45, 2.75) is 168 Å².